The van der Waals surface area contributed by atoms with Gasteiger partial charge in [-0.25, -0.2) is 0 Å². The molecule has 3 heteroatoms. The van der Waals surface area contributed by atoms with Gasteiger partial charge < -0.3 is 10.4 Å². The topological polar surface area (TPSA) is 32.3 Å². The minimum absolute atomic E-state index is 0.331. The standard InChI is InChI=1S/C10H13NOS/c1-7-10(2-3-13-7)8-4-9(12)6-11-5-8/h2-4,9,11-12H,5-6H2,1H3. The lowest BCUT2D eigenvalue weighted by Gasteiger charge is -2.18. The molecule has 70 valence electrons. The second-order valence-electron chi connectivity index (χ2n) is 3.28. The molecule has 0 saturated carbocycles. The average molecular weight is 195 g/mol. The summed E-state index contributed by atoms with van der Waals surface area (Å²) in [4.78, 5) is 1.32. The van der Waals surface area contributed by atoms with Crippen molar-refractivity contribution in [3.8, 4) is 0 Å². The number of hydrogen-bond donors (Lipinski definition) is 2. The molecule has 13 heavy (non-hydrogen) atoms. The van der Waals surface area contributed by atoms with Crippen molar-refractivity contribution in [2.75, 3.05) is 13.1 Å². The Labute approximate surface area is 81.9 Å². The van der Waals surface area contributed by atoms with Crippen LogP contribution in [0.5, 0.6) is 0 Å². The molecule has 2 nitrogen and oxygen atoms in total. The van der Waals surface area contributed by atoms with Gasteiger partial charge in [0, 0.05) is 18.0 Å². The number of nitrogens with one attached hydrogen (secondary N) is 1. The molecule has 0 radical (unpaired) electrons. The highest BCUT2D eigenvalue weighted by atomic mass is 32.1. The van der Waals surface area contributed by atoms with Crippen molar-refractivity contribution in [1.82, 2.24) is 5.32 Å². The Morgan fingerprint density at radius 2 is 2.46 bits per heavy atom. The van der Waals surface area contributed by atoms with E-state index in [1.807, 2.05) is 6.08 Å². The summed E-state index contributed by atoms with van der Waals surface area (Å²) in [5, 5.41) is 14.7. The molecular weight excluding hydrogens is 182 g/mol. The van der Waals surface area contributed by atoms with Gasteiger partial charge in [0.15, 0.2) is 0 Å². The summed E-state index contributed by atoms with van der Waals surface area (Å²) in [6.07, 6.45) is 1.62. The number of aryl methyl sites for hydroxylation is 1. The van der Waals surface area contributed by atoms with E-state index in [4.69, 9.17) is 0 Å². The fourth-order valence-electron chi connectivity index (χ4n) is 1.61. The number of aliphatic hydroxyl groups excluding tert-OH is 1. The van der Waals surface area contributed by atoms with Crippen LogP contribution in [-0.2, 0) is 0 Å². The zero-order valence-electron chi connectivity index (χ0n) is 7.58. The minimum Gasteiger partial charge on any atom is -0.388 e. The van der Waals surface area contributed by atoms with Gasteiger partial charge in [-0.1, -0.05) is 0 Å². The van der Waals surface area contributed by atoms with E-state index in [2.05, 4.69) is 23.7 Å². The summed E-state index contributed by atoms with van der Waals surface area (Å²) in [7, 11) is 0. The van der Waals surface area contributed by atoms with Gasteiger partial charge in [0.1, 0.15) is 0 Å². The molecule has 1 aromatic heterocycles. The molecule has 1 aromatic rings. The third-order valence-electron chi connectivity index (χ3n) is 2.27. The molecule has 1 atom stereocenters. The van der Waals surface area contributed by atoms with Gasteiger partial charge in [-0.05, 0) is 35.6 Å². The summed E-state index contributed by atoms with van der Waals surface area (Å²) in [5.41, 5.74) is 2.49. The van der Waals surface area contributed by atoms with E-state index in [1.54, 1.807) is 11.3 Å². The number of rotatable bonds is 1. The summed E-state index contributed by atoms with van der Waals surface area (Å²) in [5.74, 6) is 0. The molecule has 0 fully saturated rings. The highest BCUT2D eigenvalue weighted by molar-refractivity contribution is 7.10. The van der Waals surface area contributed by atoms with Crippen LogP contribution in [0.3, 0.4) is 0 Å². The summed E-state index contributed by atoms with van der Waals surface area (Å²) >= 11 is 1.75. The molecule has 1 aliphatic rings. The Bertz CT molecular complexity index is 329. The smallest absolute Gasteiger partial charge is 0.0851 e. The van der Waals surface area contributed by atoms with Crippen LogP contribution in [0.4, 0.5) is 0 Å². The maximum atomic E-state index is 9.43. The SMILES string of the molecule is Cc1sccc1C1=CC(O)CNC1. The van der Waals surface area contributed by atoms with Gasteiger partial charge in [-0.15, -0.1) is 11.3 Å². The van der Waals surface area contributed by atoms with Crippen molar-refractivity contribution in [2.24, 2.45) is 0 Å². The normalized spacial score (nSPS) is 22.9. The molecule has 0 aliphatic carbocycles. The maximum absolute atomic E-state index is 9.43. The molecule has 1 unspecified atom stereocenters. The van der Waals surface area contributed by atoms with Gasteiger partial charge >= 0.3 is 0 Å². The first-order chi connectivity index (χ1) is 6.27. The van der Waals surface area contributed by atoms with E-state index in [0.717, 1.165) is 6.54 Å². The highest BCUT2D eigenvalue weighted by Gasteiger charge is 2.13. The van der Waals surface area contributed by atoms with Crippen molar-refractivity contribution in [1.29, 1.82) is 0 Å². The molecule has 2 heterocycles. The first kappa shape index (κ1) is 8.94. The molecule has 0 spiro atoms. The Morgan fingerprint density at radius 1 is 1.62 bits per heavy atom. The van der Waals surface area contributed by atoms with Gasteiger partial charge in [-0.3, -0.25) is 0 Å². The van der Waals surface area contributed by atoms with Crippen LogP contribution in [0.15, 0.2) is 17.5 Å². The van der Waals surface area contributed by atoms with E-state index in [0.29, 0.717) is 6.54 Å². The van der Waals surface area contributed by atoms with Crippen LogP contribution in [0.25, 0.3) is 5.57 Å². The molecule has 2 N–H and O–H groups in total. The largest absolute Gasteiger partial charge is 0.388 e. The first-order valence-electron chi connectivity index (χ1n) is 4.41. The van der Waals surface area contributed by atoms with Crippen molar-refractivity contribution in [3.05, 3.63) is 28.0 Å². The number of hydrogen-bond acceptors (Lipinski definition) is 3. The third kappa shape index (κ3) is 1.82. The highest BCUT2D eigenvalue weighted by Crippen LogP contribution is 2.24. The minimum atomic E-state index is -0.331. The first-order valence-corrected chi connectivity index (χ1v) is 5.29. The molecule has 2 rings (SSSR count). The Morgan fingerprint density at radius 3 is 3.08 bits per heavy atom. The molecule has 0 amide bonds. The lowest BCUT2D eigenvalue weighted by molar-refractivity contribution is 0.217. The molecule has 0 aromatic carbocycles. The van der Waals surface area contributed by atoms with Gasteiger partial charge in [0.25, 0.3) is 0 Å². The second-order valence-corrected chi connectivity index (χ2v) is 4.40. The lowest BCUT2D eigenvalue weighted by atomic mass is 10.0. The van der Waals surface area contributed by atoms with Crippen molar-refractivity contribution in [3.63, 3.8) is 0 Å². The lowest BCUT2D eigenvalue weighted by Crippen LogP contribution is -2.31. The van der Waals surface area contributed by atoms with Crippen LogP contribution in [0, 0.1) is 6.92 Å². The maximum Gasteiger partial charge on any atom is 0.0851 e. The van der Waals surface area contributed by atoms with E-state index < -0.39 is 0 Å². The number of aliphatic hydroxyl groups is 1. The predicted molar refractivity (Wildman–Crippen MR) is 55.9 cm³/mol. The van der Waals surface area contributed by atoms with E-state index in [9.17, 15) is 5.11 Å². The summed E-state index contributed by atoms with van der Waals surface area (Å²) in [6.45, 7) is 3.66. The molecular formula is C10H13NOS. The fraction of sp³-hybridized carbons (Fsp3) is 0.400. The van der Waals surface area contributed by atoms with Crippen LogP contribution < -0.4 is 5.32 Å². The van der Waals surface area contributed by atoms with Crippen LogP contribution in [-0.4, -0.2) is 24.3 Å². The average Bonchev–Trinajstić information content (AvgIpc) is 2.51. The summed E-state index contributed by atoms with van der Waals surface area (Å²) in [6, 6.07) is 2.12. The Kier molecular flexibility index (Phi) is 2.49. The molecule has 1 aliphatic heterocycles. The summed E-state index contributed by atoms with van der Waals surface area (Å²) < 4.78 is 0. The van der Waals surface area contributed by atoms with Crippen LogP contribution >= 0.6 is 11.3 Å². The zero-order valence-corrected chi connectivity index (χ0v) is 8.40. The van der Waals surface area contributed by atoms with E-state index >= 15 is 0 Å². The van der Waals surface area contributed by atoms with E-state index in [-0.39, 0.29) is 6.10 Å². The van der Waals surface area contributed by atoms with Crippen molar-refractivity contribution < 1.29 is 5.11 Å². The quantitative estimate of drug-likeness (QED) is 0.710. The predicted octanol–water partition coefficient (Wildman–Crippen LogP) is 1.40. The second kappa shape index (κ2) is 3.62. The molecule has 0 bridgehead atoms. The third-order valence-corrected chi connectivity index (χ3v) is 3.11. The van der Waals surface area contributed by atoms with Crippen molar-refractivity contribution in [2.45, 2.75) is 13.0 Å². The zero-order chi connectivity index (χ0) is 9.26. The fourth-order valence-corrected chi connectivity index (χ4v) is 2.34. The Balaban J connectivity index is 2.30. The van der Waals surface area contributed by atoms with Gasteiger partial charge in [0.2, 0.25) is 0 Å². The van der Waals surface area contributed by atoms with Crippen LogP contribution in [0.1, 0.15) is 10.4 Å². The van der Waals surface area contributed by atoms with Crippen molar-refractivity contribution >= 4 is 16.9 Å². The number of thiophene rings is 1. The molecule has 0 saturated heterocycles. The van der Waals surface area contributed by atoms with E-state index in [1.165, 1.54) is 16.0 Å². The Hall–Kier alpha value is -0.640. The monoisotopic (exact) mass is 195 g/mol. The van der Waals surface area contributed by atoms with Gasteiger partial charge in [0.05, 0.1) is 6.10 Å². The number of β-amino-alcohol motifs (C(OH)–C–C–N with tert-alkyl or cyclic N) is 1. The van der Waals surface area contributed by atoms with Crippen LogP contribution in [0.2, 0.25) is 0 Å². The van der Waals surface area contributed by atoms with Gasteiger partial charge in [-0.2, -0.15) is 0 Å².